The molecule has 1 heterocycles. The lowest BCUT2D eigenvalue weighted by molar-refractivity contribution is 0.768. The lowest BCUT2D eigenvalue weighted by Crippen LogP contribution is -2.28. The number of para-hydroxylation sites is 2. The van der Waals surface area contributed by atoms with Gasteiger partial charge in [0.2, 0.25) is 0 Å². The number of anilines is 3. The number of fused-ring (bicyclic) bond motifs is 6. The molecule has 0 saturated carbocycles. The Morgan fingerprint density at radius 2 is 0.787 bits per heavy atom. The van der Waals surface area contributed by atoms with E-state index in [0.29, 0.717) is 0 Å². The molecule has 0 fully saturated rings. The van der Waals surface area contributed by atoms with E-state index in [2.05, 4.69) is 313 Å². The first-order chi connectivity index (χ1) is 37.2. The highest BCUT2D eigenvalue weighted by atomic mass is 15.1. The second kappa shape index (κ2) is 18.4. The molecule has 13 aromatic rings. The molecule has 2 nitrogen and oxygen atoms in total. The van der Waals surface area contributed by atoms with Crippen molar-refractivity contribution in [3.63, 3.8) is 0 Å². The maximum Gasteiger partial charge on any atom is 0.0714 e. The van der Waals surface area contributed by atoms with Gasteiger partial charge in [-0.05, 0) is 133 Å². The molecule has 0 amide bonds. The third-order valence-electron chi connectivity index (χ3n) is 15.5. The van der Waals surface area contributed by atoms with E-state index in [1.165, 1.54) is 77.4 Å². The van der Waals surface area contributed by atoms with Gasteiger partial charge in [-0.2, -0.15) is 0 Å². The average molecular weight is 955 g/mol. The molecule has 0 aliphatic heterocycles. The molecule has 0 unspecified atom stereocenters. The number of rotatable bonds is 10. The molecule has 1 aliphatic rings. The second-order valence-corrected chi connectivity index (χ2v) is 19.5. The lowest BCUT2D eigenvalue weighted by atomic mass is 9.67. The topological polar surface area (TPSA) is 8.17 Å². The van der Waals surface area contributed by atoms with E-state index in [4.69, 9.17) is 0 Å². The molecule has 0 spiro atoms. The zero-order valence-corrected chi connectivity index (χ0v) is 41.3. The molecular weight excluding hydrogens is 905 g/mol. The molecule has 0 atom stereocenters. The molecule has 14 rings (SSSR count). The number of aromatic nitrogens is 1. The standard InChI is InChI=1S/C73H50N2/c1-6-23-52(24-7-1)60-33-16-17-36-65(60)72-61(53-25-8-2-9-26-53)37-22-40-71(72)74(58-44-41-51(42-45-58)54-43-48-70-66(49-54)64-35-19-21-39-69(64)75(70)57-31-14-5-15-32-57)59-46-47-63-62-34-18-20-38-67(62)73(68(63)50-59,55-27-10-3-11-28-55)56-29-12-4-13-30-56/h1-50H. The Labute approximate surface area is 438 Å². The van der Waals surface area contributed by atoms with Crippen molar-refractivity contribution in [2.45, 2.75) is 5.41 Å². The Kier molecular flexibility index (Phi) is 10.8. The minimum absolute atomic E-state index is 0.573. The largest absolute Gasteiger partial charge is 0.310 e. The Morgan fingerprint density at radius 3 is 1.48 bits per heavy atom. The van der Waals surface area contributed by atoms with Crippen molar-refractivity contribution in [3.05, 3.63) is 326 Å². The zero-order chi connectivity index (χ0) is 49.7. The molecule has 75 heavy (non-hydrogen) atoms. The molecule has 1 aromatic heterocycles. The summed E-state index contributed by atoms with van der Waals surface area (Å²) < 4.78 is 2.38. The van der Waals surface area contributed by atoms with Gasteiger partial charge in [-0.15, -0.1) is 0 Å². The van der Waals surface area contributed by atoms with Gasteiger partial charge in [-0.25, -0.2) is 0 Å². The molecule has 2 heteroatoms. The third kappa shape index (κ3) is 7.25. The van der Waals surface area contributed by atoms with Crippen molar-refractivity contribution in [2.75, 3.05) is 4.90 Å². The Balaban J connectivity index is 1.01. The highest BCUT2D eigenvalue weighted by Gasteiger charge is 2.46. The molecule has 0 bridgehead atoms. The summed E-state index contributed by atoms with van der Waals surface area (Å²) in [6, 6.07) is 112. The Hall–Kier alpha value is -9.76. The predicted octanol–water partition coefficient (Wildman–Crippen LogP) is 19.3. The normalized spacial score (nSPS) is 12.4. The Bertz CT molecular complexity index is 4160. The van der Waals surface area contributed by atoms with E-state index in [1.54, 1.807) is 0 Å². The molecule has 352 valence electrons. The average Bonchev–Trinajstić information content (AvgIpc) is 4.09. The van der Waals surface area contributed by atoms with Crippen molar-refractivity contribution in [2.24, 2.45) is 0 Å². The van der Waals surface area contributed by atoms with Gasteiger partial charge in [0.25, 0.3) is 0 Å². The van der Waals surface area contributed by atoms with Crippen molar-refractivity contribution >= 4 is 38.9 Å². The van der Waals surface area contributed by atoms with Gasteiger partial charge in [0.1, 0.15) is 0 Å². The summed E-state index contributed by atoms with van der Waals surface area (Å²) in [4.78, 5) is 2.51. The van der Waals surface area contributed by atoms with Crippen LogP contribution in [-0.2, 0) is 5.41 Å². The van der Waals surface area contributed by atoms with E-state index < -0.39 is 5.41 Å². The number of nitrogens with zero attached hydrogens (tertiary/aromatic N) is 2. The van der Waals surface area contributed by atoms with Crippen LogP contribution in [0.4, 0.5) is 17.1 Å². The van der Waals surface area contributed by atoms with Gasteiger partial charge < -0.3 is 9.47 Å². The van der Waals surface area contributed by atoms with Crippen molar-refractivity contribution < 1.29 is 0 Å². The first-order valence-corrected chi connectivity index (χ1v) is 25.9. The summed E-state index contributed by atoms with van der Waals surface area (Å²) in [6.07, 6.45) is 0. The van der Waals surface area contributed by atoms with E-state index in [9.17, 15) is 0 Å². The molecule has 0 N–H and O–H groups in total. The fraction of sp³-hybridized carbons (Fsp3) is 0.0137. The number of benzene rings is 12. The fourth-order valence-corrected chi connectivity index (χ4v) is 12.2. The second-order valence-electron chi connectivity index (χ2n) is 19.5. The van der Waals surface area contributed by atoms with E-state index in [1.807, 2.05) is 0 Å². The van der Waals surface area contributed by atoms with Crippen LogP contribution in [0.1, 0.15) is 22.3 Å². The fourth-order valence-electron chi connectivity index (χ4n) is 12.2. The van der Waals surface area contributed by atoms with Gasteiger partial charge in [0, 0.05) is 33.4 Å². The molecule has 0 saturated heterocycles. The van der Waals surface area contributed by atoms with Gasteiger partial charge >= 0.3 is 0 Å². The van der Waals surface area contributed by atoms with Crippen LogP contribution in [0, 0.1) is 0 Å². The van der Waals surface area contributed by atoms with Crippen LogP contribution in [0.15, 0.2) is 303 Å². The summed E-state index contributed by atoms with van der Waals surface area (Å²) >= 11 is 0. The zero-order valence-electron chi connectivity index (χ0n) is 41.3. The first-order valence-electron chi connectivity index (χ1n) is 25.9. The van der Waals surface area contributed by atoms with Crippen LogP contribution < -0.4 is 4.90 Å². The van der Waals surface area contributed by atoms with Crippen molar-refractivity contribution in [3.8, 4) is 61.3 Å². The number of hydrogen-bond donors (Lipinski definition) is 0. The molecule has 1 aliphatic carbocycles. The molecule has 12 aromatic carbocycles. The highest BCUT2D eigenvalue weighted by molar-refractivity contribution is 6.10. The number of hydrogen-bond acceptors (Lipinski definition) is 1. The minimum Gasteiger partial charge on any atom is -0.310 e. The highest BCUT2D eigenvalue weighted by Crippen LogP contribution is 2.58. The maximum atomic E-state index is 2.51. The van der Waals surface area contributed by atoms with Gasteiger partial charge in [0.05, 0.1) is 22.1 Å². The first kappa shape index (κ1) is 44.0. The van der Waals surface area contributed by atoms with Crippen LogP contribution in [-0.4, -0.2) is 4.57 Å². The smallest absolute Gasteiger partial charge is 0.0714 e. The van der Waals surface area contributed by atoms with Crippen LogP contribution in [0.5, 0.6) is 0 Å². The van der Waals surface area contributed by atoms with E-state index in [-0.39, 0.29) is 0 Å². The van der Waals surface area contributed by atoms with Gasteiger partial charge in [-0.1, -0.05) is 243 Å². The summed E-state index contributed by atoms with van der Waals surface area (Å²) in [6.45, 7) is 0. The van der Waals surface area contributed by atoms with Crippen molar-refractivity contribution in [1.82, 2.24) is 4.57 Å². The van der Waals surface area contributed by atoms with Crippen LogP contribution >= 0.6 is 0 Å². The molecule has 0 radical (unpaired) electrons. The van der Waals surface area contributed by atoms with E-state index >= 15 is 0 Å². The van der Waals surface area contributed by atoms with E-state index in [0.717, 1.165) is 45.0 Å². The monoisotopic (exact) mass is 954 g/mol. The predicted molar refractivity (Wildman–Crippen MR) is 315 cm³/mol. The van der Waals surface area contributed by atoms with Gasteiger partial charge in [-0.3, -0.25) is 0 Å². The third-order valence-corrected chi connectivity index (χ3v) is 15.5. The Morgan fingerprint density at radius 1 is 0.280 bits per heavy atom. The summed E-state index contributed by atoms with van der Waals surface area (Å²) in [5.41, 5.74) is 23.1. The van der Waals surface area contributed by atoms with Crippen LogP contribution in [0.2, 0.25) is 0 Å². The summed E-state index contributed by atoms with van der Waals surface area (Å²) in [5, 5.41) is 2.47. The summed E-state index contributed by atoms with van der Waals surface area (Å²) in [5.74, 6) is 0. The quantitative estimate of drug-likeness (QED) is 0.133. The van der Waals surface area contributed by atoms with Crippen LogP contribution in [0.25, 0.3) is 83.1 Å². The maximum absolute atomic E-state index is 2.51. The summed E-state index contributed by atoms with van der Waals surface area (Å²) in [7, 11) is 0. The van der Waals surface area contributed by atoms with Gasteiger partial charge in [0.15, 0.2) is 0 Å². The molecular formula is C73H50N2. The van der Waals surface area contributed by atoms with Crippen LogP contribution in [0.3, 0.4) is 0 Å². The lowest BCUT2D eigenvalue weighted by Gasteiger charge is -2.35. The SMILES string of the molecule is c1ccc(-c2ccccc2-c2c(-c3ccccc3)cccc2N(c2ccc(-c3ccc4c(c3)c3ccccc3n4-c3ccccc3)cc2)c2ccc3c(c2)C(c2ccccc2)(c2ccccc2)c2ccccc2-3)cc1. The van der Waals surface area contributed by atoms with Crippen molar-refractivity contribution in [1.29, 1.82) is 0 Å². The minimum atomic E-state index is -0.573.